The Hall–Kier alpha value is -11.5. The maximum Gasteiger partial charge on any atom is 0.408 e. The first-order valence-corrected chi connectivity index (χ1v) is 29.8. The zero-order chi connectivity index (χ0) is 66.0. The second kappa shape index (κ2) is 26.0. The number of carbonyl (C=O) groups excluding carboxylic acids is 4. The predicted octanol–water partition coefficient (Wildman–Crippen LogP) is 12.5. The highest BCUT2D eigenvalue weighted by Crippen LogP contribution is 2.36. The normalized spacial score (nSPS) is 17.2. The lowest BCUT2D eigenvalue weighted by atomic mass is 10.1. The Morgan fingerprint density at radius 3 is 1.28 bits per heavy atom. The summed E-state index contributed by atoms with van der Waals surface area (Å²) < 4.78 is 76.3. The number of carbonyl (C=O) groups is 4. The number of H-pyrrole nitrogens is 8. The minimum atomic E-state index is -4.44. The van der Waals surface area contributed by atoms with E-state index in [0.717, 1.165) is 93.0 Å². The van der Waals surface area contributed by atoms with Gasteiger partial charge in [-0.3, -0.25) is 19.2 Å². The first-order chi connectivity index (χ1) is 45.2. The van der Waals surface area contributed by atoms with Gasteiger partial charge in [0.2, 0.25) is 0 Å². The molecule has 4 amide bonds. The number of aromatic nitrogens is 16. The minimum Gasteiger partial charge on any atom is -0.357 e. The van der Waals surface area contributed by atoms with Gasteiger partial charge in [-0.1, -0.05) is 0 Å². The number of nitrogens with zero attached hydrogens (tertiary/aromatic N) is 13. The molecule has 3 aliphatic heterocycles. The fourth-order valence-corrected chi connectivity index (χ4v) is 12.1. The lowest BCUT2D eigenvalue weighted by Gasteiger charge is -2.26. The summed E-state index contributed by atoms with van der Waals surface area (Å²) >= 11 is 0. The van der Waals surface area contributed by atoms with Crippen LogP contribution in [0.2, 0.25) is 0 Å². The molecule has 0 bridgehead atoms. The van der Waals surface area contributed by atoms with Gasteiger partial charge in [-0.2, -0.15) is 31.6 Å². The molecule has 31 heteroatoms. The molecule has 8 N–H and O–H groups in total. The molecule has 94 heavy (non-hydrogen) atoms. The van der Waals surface area contributed by atoms with Gasteiger partial charge in [0, 0.05) is 136 Å². The molecule has 0 aliphatic carbocycles. The summed E-state index contributed by atoms with van der Waals surface area (Å²) in [5.41, 5.74) is 9.86. The Kier molecular flexibility index (Phi) is 17.4. The van der Waals surface area contributed by atoms with E-state index in [1.165, 1.54) is 43.6 Å². The number of nitrogens with one attached hydrogen (secondary N) is 8. The third kappa shape index (κ3) is 12.9. The maximum atomic E-state index is 13.1. The number of fused-ring (bicyclic) bond motifs is 4. The van der Waals surface area contributed by atoms with Crippen molar-refractivity contribution < 1.29 is 55.5 Å². The fourth-order valence-electron chi connectivity index (χ4n) is 12.1. The Balaban J connectivity index is 0.000000237. The van der Waals surface area contributed by atoms with E-state index in [-0.39, 0.29) is 52.2 Å². The number of alkyl halides is 6. The summed E-state index contributed by atoms with van der Waals surface area (Å²) in [6.45, 7) is 3.64. The van der Waals surface area contributed by atoms with E-state index in [2.05, 4.69) is 99.7 Å². The molecular formula is C63H73F6N21O4. The Morgan fingerprint density at radius 1 is 0.521 bits per heavy atom. The highest BCUT2D eigenvalue weighted by molar-refractivity contribution is 6.00. The van der Waals surface area contributed by atoms with E-state index in [9.17, 15) is 45.5 Å². The molecule has 12 aromatic rings. The molecule has 0 spiro atoms. The second-order valence-corrected chi connectivity index (χ2v) is 22.8. The smallest absolute Gasteiger partial charge is 0.357 e. The van der Waals surface area contributed by atoms with Crippen LogP contribution in [0.5, 0.6) is 0 Å². The van der Waals surface area contributed by atoms with Gasteiger partial charge in [0.25, 0.3) is 23.6 Å². The number of rotatable bonds is 9. The Bertz CT molecular complexity index is 4780. The van der Waals surface area contributed by atoms with Crippen LogP contribution in [0.25, 0.3) is 89.2 Å². The topological polar surface area (TPSA) is 334 Å². The fraction of sp³-hybridized carbons (Fsp3) is 0.286. The van der Waals surface area contributed by atoms with E-state index in [1.807, 2.05) is 41.7 Å². The zero-order valence-corrected chi connectivity index (χ0v) is 50.4. The summed E-state index contributed by atoms with van der Waals surface area (Å²) in [6, 6.07) is 14.8. The molecule has 12 aromatic heterocycles. The van der Waals surface area contributed by atoms with Gasteiger partial charge in [-0.05, 0) is 101 Å². The molecule has 0 aromatic carbocycles. The molecular weight excluding hydrogens is 1230 g/mol. The molecule has 15 rings (SSSR count). The van der Waals surface area contributed by atoms with Crippen LogP contribution in [0.15, 0.2) is 123 Å². The molecule has 25 nitrogen and oxygen atoms in total. The number of amides is 4. The van der Waals surface area contributed by atoms with Crippen molar-refractivity contribution in [1.29, 1.82) is 5.26 Å². The quantitative estimate of drug-likeness (QED) is 0.0624. The molecule has 15 heterocycles. The molecule has 3 aliphatic rings. The Morgan fingerprint density at radius 2 is 0.883 bits per heavy atom. The number of hydrogen-bond donors (Lipinski definition) is 8. The zero-order valence-electron chi connectivity index (χ0n) is 50.4. The SMILES string of the molecule is CC1CCC(C)N1C(=O)c1cc(-c2ncnc3[nH]ccc23)c[nH]1.CN(CC(F)(F)F)C(=O)c1cc(-c2ncnc3[nH]ccc23)c[nH]1.N#CC1CCCN1C(=O)c1cc(-c2ncnc3[nH]ccc23)c[nH]1.O=C(c1cc(-c2ncnc3[nH]ccc23)c[nH]1)N1CCCC1C(F)(F)F.[HH].[HH].[HH].[HH].[HH].[HH].[HH]. The van der Waals surface area contributed by atoms with Gasteiger partial charge in [-0.15, -0.1) is 0 Å². The van der Waals surface area contributed by atoms with Gasteiger partial charge in [0.05, 0.1) is 28.8 Å². The van der Waals surface area contributed by atoms with Crippen molar-refractivity contribution in [1.82, 2.24) is 99.3 Å². The molecule has 496 valence electrons. The summed E-state index contributed by atoms with van der Waals surface area (Å²) in [7, 11) is 1.10. The van der Waals surface area contributed by atoms with E-state index in [1.54, 1.807) is 47.9 Å². The van der Waals surface area contributed by atoms with E-state index in [4.69, 9.17) is 5.26 Å². The van der Waals surface area contributed by atoms with E-state index < -0.39 is 36.8 Å². The van der Waals surface area contributed by atoms with Gasteiger partial charge < -0.3 is 59.5 Å². The third-order valence-corrected chi connectivity index (χ3v) is 16.7. The number of halogens is 6. The molecule has 3 fully saturated rings. The van der Waals surface area contributed by atoms with Crippen LogP contribution in [-0.4, -0.2) is 186 Å². The van der Waals surface area contributed by atoms with Gasteiger partial charge in [0.15, 0.2) is 0 Å². The minimum absolute atomic E-state index is 0. The van der Waals surface area contributed by atoms with Crippen LogP contribution in [0, 0.1) is 11.3 Å². The number of likely N-dealkylation sites (tertiary alicyclic amines) is 3. The van der Waals surface area contributed by atoms with Gasteiger partial charge >= 0.3 is 12.4 Å². The molecule has 0 saturated carbocycles. The first kappa shape index (κ1) is 62.7. The summed E-state index contributed by atoms with van der Waals surface area (Å²) in [5, 5.41) is 12.5. The number of hydrogen-bond acceptors (Lipinski definition) is 13. The van der Waals surface area contributed by atoms with Crippen molar-refractivity contribution in [2.45, 2.75) is 88.9 Å². The van der Waals surface area contributed by atoms with Crippen molar-refractivity contribution in [3.05, 3.63) is 146 Å². The summed E-state index contributed by atoms with van der Waals surface area (Å²) in [4.78, 5) is 112. The number of aromatic amines is 8. The first-order valence-electron chi connectivity index (χ1n) is 29.8. The number of nitriles is 1. The lowest BCUT2D eigenvalue weighted by Crippen LogP contribution is -2.44. The summed E-state index contributed by atoms with van der Waals surface area (Å²) in [6.07, 6.45) is 14.8. The van der Waals surface area contributed by atoms with Crippen molar-refractivity contribution in [2.75, 3.05) is 26.7 Å². The Labute approximate surface area is 539 Å². The highest BCUT2D eigenvalue weighted by atomic mass is 19.4. The van der Waals surface area contributed by atoms with Crippen molar-refractivity contribution in [3.8, 4) is 51.1 Å². The van der Waals surface area contributed by atoms with E-state index >= 15 is 0 Å². The van der Waals surface area contributed by atoms with E-state index in [0.29, 0.717) is 75.1 Å². The van der Waals surface area contributed by atoms with Crippen LogP contribution in [0.3, 0.4) is 0 Å². The van der Waals surface area contributed by atoms with Crippen LogP contribution in [-0.2, 0) is 0 Å². The van der Waals surface area contributed by atoms with Crippen LogP contribution in [0.1, 0.15) is 104 Å². The molecule has 3 saturated heterocycles. The van der Waals surface area contributed by atoms with Crippen molar-refractivity contribution in [2.24, 2.45) is 0 Å². The largest absolute Gasteiger partial charge is 0.408 e. The van der Waals surface area contributed by atoms with Crippen molar-refractivity contribution in [3.63, 3.8) is 0 Å². The lowest BCUT2D eigenvalue weighted by molar-refractivity contribution is -0.169. The summed E-state index contributed by atoms with van der Waals surface area (Å²) in [5.74, 6) is -1.47. The molecule has 0 radical (unpaired) electrons. The molecule has 4 unspecified atom stereocenters. The third-order valence-electron chi connectivity index (χ3n) is 16.7. The maximum absolute atomic E-state index is 13.1. The van der Waals surface area contributed by atoms with Gasteiger partial charge in [-0.25, -0.2) is 39.9 Å². The average Bonchev–Trinajstić information content (AvgIpc) is 1.69. The standard InChI is InChI=1S/C17H19N5O.C16H14F3N5O.C16H14N6O.C14H12F3N5O.7H2/c1-10-3-4-11(2)22(10)17(23)14-7-12(8-19-14)15-13-5-6-18-16(13)21-9-20-15;17-16(18,19)12-2-1-5-24(12)15(25)11-6-9(7-21-11)13-10-3-4-20-14(10)23-8-22-13;17-7-11-2-1-5-22(11)16(23)13-6-10(8-19-13)14-12-3-4-18-15(12)21-9-20-14;1-22(6-14(15,16)17)13(23)10-4-8(5-19-10)11-9-2-3-18-12(9)21-7-20-11;;;;;;;/h5-11,19H,3-4H2,1-2H3,(H,18,20,21);3-4,6-8,12,21H,1-2,5H2,(H,20,22,23);3-4,6,8-9,11,19H,1-2,5H2,(H,18,20,21);2-5,7,19H,6H2,1H3,(H,18,20,21);7*1H. The monoisotopic (exact) mass is 1300 g/mol. The molecule has 4 atom stereocenters. The van der Waals surface area contributed by atoms with Gasteiger partial charge in [0.1, 0.15) is 89.3 Å². The van der Waals surface area contributed by atoms with Crippen LogP contribution < -0.4 is 0 Å². The second-order valence-electron chi connectivity index (χ2n) is 22.8. The average molecular weight is 1300 g/mol. The van der Waals surface area contributed by atoms with Crippen molar-refractivity contribution >= 4 is 67.8 Å². The van der Waals surface area contributed by atoms with Crippen LogP contribution >= 0.6 is 0 Å². The highest BCUT2D eigenvalue weighted by Gasteiger charge is 2.48. The predicted molar refractivity (Wildman–Crippen MR) is 347 cm³/mol. The van der Waals surface area contributed by atoms with Crippen LogP contribution in [0.4, 0.5) is 26.3 Å².